The van der Waals surface area contributed by atoms with Gasteiger partial charge in [-0.05, 0) is 22.4 Å². The van der Waals surface area contributed by atoms with Gasteiger partial charge in [0.15, 0.2) is 0 Å². The molecule has 0 aliphatic carbocycles. The predicted molar refractivity (Wildman–Crippen MR) is 73.0 cm³/mol. The van der Waals surface area contributed by atoms with E-state index in [1.807, 2.05) is 6.92 Å². The summed E-state index contributed by atoms with van der Waals surface area (Å²) in [5.41, 5.74) is 7.24. The largest absolute Gasteiger partial charge is 0.396 e. The van der Waals surface area contributed by atoms with Gasteiger partial charge in [-0.25, -0.2) is 0 Å². The Kier molecular flexibility index (Phi) is 5.21. The SMILES string of the molecule is CC(CCNc1c(N)cncc1Br)S(C)=O. The van der Waals surface area contributed by atoms with E-state index in [0.29, 0.717) is 5.69 Å². The average Bonchev–Trinajstić information content (AvgIpc) is 2.22. The quantitative estimate of drug-likeness (QED) is 0.873. The van der Waals surface area contributed by atoms with Crippen molar-refractivity contribution in [2.75, 3.05) is 23.9 Å². The molecular weight excluding hydrogens is 290 g/mol. The molecule has 1 rings (SSSR count). The molecule has 0 radical (unpaired) electrons. The van der Waals surface area contributed by atoms with Crippen LogP contribution in [0.2, 0.25) is 0 Å². The van der Waals surface area contributed by atoms with Crippen LogP contribution in [0, 0.1) is 0 Å². The van der Waals surface area contributed by atoms with Crippen molar-refractivity contribution in [3.05, 3.63) is 16.9 Å². The fraction of sp³-hybridized carbons (Fsp3) is 0.500. The molecule has 1 heterocycles. The highest BCUT2D eigenvalue weighted by molar-refractivity contribution is 9.10. The summed E-state index contributed by atoms with van der Waals surface area (Å²) in [5.74, 6) is 0. The molecular formula is C10H16BrN3OS. The number of nitrogens with one attached hydrogen (secondary N) is 1. The van der Waals surface area contributed by atoms with E-state index in [-0.39, 0.29) is 5.25 Å². The third-order valence-corrected chi connectivity index (χ3v) is 4.32. The first-order valence-electron chi connectivity index (χ1n) is 4.97. The normalized spacial score (nSPS) is 14.4. The Morgan fingerprint density at radius 3 is 2.88 bits per heavy atom. The number of nitrogens with two attached hydrogens (primary N) is 1. The first-order chi connectivity index (χ1) is 7.52. The van der Waals surface area contributed by atoms with E-state index in [4.69, 9.17) is 5.73 Å². The fourth-order valence-electron chi connectivity index (χ4n) is 1.20. The molecule has 0 saturated carbocycles. The van der Waals surface area contributed by atoms with Crippen molar-refractivity contribution in [1.29, 1.82) is 0 Å². The monoisotopic (exact) mass is 305 g/mol. The second-order valence-electron chi connectivity index (χ2n) is 3.61. The number of nitrogens with zero attached hydrogens (tertiary/aromatic N) is 1. The first-order valence-corrected chi connectivity index (χ1v) is 7.39. The van der Waals surface area contributed by atoms with Crippen molar-refractivity contribution < 1.29 is 4.21 Å². The summed E-state index contributed by atoms with van der Waals surface area (Å²) in [6, 6.07) is 0. The van der Waals surface area contributed by atoms with Crippen LogP contribution in [0.5, 0.6) is 0 Å². The third kappa shape index (κ3) is 3.75. The summed E-state index contributed by atoms with van der Waals surface area (Å²) >= 11 is 3.38. The predicted octanol–water partition coefficient (Wildman–Crippen LogP) is 2.00. The molecule has 1 aromatic rings. The highest BCUT2D eigenvalue weighted by atomic mass is 79.9. The summed E-state index contributed by atoms with van der Waals surface area (Å²) in [5, 5.41) is 3.41. The van der Waals surface area contributed by atoms with E-state index in [1.165, 1.54) is 0 Å². The van der Waals surface area contributed by atoms with Crippen molar-refractivity contribution in [2.45, 2.75) is 18.6 Å². The number of aromatic nitrogens is 1. The van der Waals surface area contributed by atoms with Crippen LogP contribution in [0.4, 0.5) is 11.4 Å². The maximum atomic E-state index is 11.2. The zero-order chi connectivity index (χ0) is 12.1. The van der Waals surface area contributed by atoms with Crippen LogP contribution in [0.1, 0.15) is 13.3 Å². The van der Waals surface area contributed by atoms with Gasteiger partial charge in [0, 0.05) is 35.0 Å². The van der Waals surface area contributed by atoms with Crippen molar-refractivity contribution in [3.8, 4) is 0 Å². The van der Waals surface area contributed by atoms with E-state index >= 15 is 0 Å². The maximum Gasteiger partial charge on any atom is 0.0750 e. The van der Waals surface area contributed by atoms with Gasteiger partial charge >= 0.3 is 0 Å². The summed E-state index contributed by atoms with van der Waals surface area (Å²) in [4.78, 5) is 3.96. The van der Waals surface area contributed by atoms with Gasteiger partial charge in [0.2, 0.25) is 0 Å². The standard InChI is InChI=1S/C10H16BrN3OS/c1-7(16(2)15)3-4-14-10-8(11)5-13-6-9(10)12/h5-7H,3-4,12H2,1-2H3,(H,13,14). The molecule has 16 heavy (non-hydrogen) atoms. The molecule has 0 fully saturated rings. The van der Waals surface area contributed by atoms with Gasteiger partial charge in [-0.3, -0.25) is 9.19 Å². The minimum absolute atomic E-state index is 0.189. The van der Waals surface area contributed by atoms with Crippen LogP contribution < -0.4 is 11.1 Å². The molecule has 1 aromatic heterocycles. The molecule has 90 valence electrons. The van der Waals surface area contributed by atoms with Crippen molar-refractivity contribution >= 4 is 38.1 Å². The van der Waals surface area contributed by atoms with E-state index in [9.17, 15) is 4.21 Å². The van der Waals surface area contributed by atoms with Gasteiger partial charge in [-0.2, -0.15) is 0 Å². The van der Waals surface area contributed by atoms with E-state index in [2.05, 4.69) is 26.2 Å². The topological polar surface area (TPSA) is 68.0 Å². The van der Waals surface area contributed by atoms with Crippen molar-refractivity contribution in [3.63, 3.8) is 0 Å². The number of halogens is 1. The average molecular weight is 306 g/mol. The Bertz CT molecular complexity index is 366. The lowest BCUT2D eigenvalue weighted by molar-refractivity contribution is 0.672. The molecule has 6 heteroatoms. The summed E-state index contributed by atoms with van der Waals surface area (Å²) in [6.07, 6.45) is 5.87. The Morgan fingerprint density at radius 2 is 2.31 bits per heavy atom. The number of hydrogen-bond donors (Lipinski definition) is 2. The van der Waals surface area contributed by atoms with Crippen LogP contribution in [-0.2, 0) is 10.8 Å². The highest BCUT2D eigenvalue weighted by Gasteiger charge is 2.07. The van der Waals surface area contributed by atoms with E-state index < -0.39 is 10.8 Å². The number of anilines is 2. The van der Waals surface area contributed by atoms with Crippen LogP contribution in [0.25, 0.3) is 0 Å². The molecule has 0 aliphatic heterocycles. The molecule has 0 bridgehead atoms. The van der Waals surface area contributed by atoms with Gasteiger partial charge < -0.3 is 11.1 Å². The second-order valence-corrected chi connectivity index (χ2v) is 6.27. The fourth-order valence-corrected chi connectivity index (χ4v) is 2.14. The van der Waals surface area contributed by atoms with Crippen molar-refractivity contribution in [1.82, 2.24) is 4.98 Å². The second kappa shape index (κ2) is 6.20. The molecule has 0 saturated heterocycles. The Labute approximate surface area is 107 Å². The zero-order valence-corrected chi connectivity index (χ0v) is 11.8. The summed E-state index contributed by atoms with van der Waals surface area (Å²) in [6.45, 7) is 2.72. The minimum atomic E-state index is -0.774. The smallest absolute Gasteiger partial charge is 0.0750 e. The molecule has 0 aliphatic rings. The van der Waals surface area contributed by atoms with Crippen LogP contribution in [-0.4, -0.2) is 27.2 Å². The molecule has 2 atom stereocenters. The Balaban J connectivity index is 2.52. The summed E-state index contributed by atoms with van der Waals surface area (Å²) in [7, 11) is -0.774. The van der Waals surface area contributed by atoms with Gasteiger partial charge in [-0.1, -0.05) is 6.92 Å². The van der Waals surface area contributed by atoms with Gasteiger partial charge in [0.05, 0.1) is 22.0 Å². The minimum Gasteiger partial charge on any atom is -0.396 e. The summed E-state index contributed by atoms with van der Waals surface area (Å²) < 4.78 is 12.0. The molecule has 2 unspecified atom stereocenters. The van der Waals surface area contributed by atoms with E-state index in [0.717, 1.165) is 23.1 Å². The Morgan fingerprint density at radius 1 is 1.62 bits per heavy atom. The maximum absolute atomic E-state index is 11.2. The molecule has 3 N–H and O–H groups in total. The number of rotatable bonds is 5. The zero-order valence-electron chi connectivity index (χ0n) is 9.37. The van der Waals surface area contributed by atoms with Crippen LogP contribution in [0.3, 0.4) is 0 Å². The molecule has 4 nitrogen and oxygen atoms in total. The van der Waals surface area contributed by atoms with Crippen molar-refractivity contribution in [2.24, 2.45) is 0 Å². The molecule has 0 spiro atoms. The lowest BCUT2D eigenvalue weighted by Gasteiger charge is -2.12. The number of pyridine rings is 1. The molecule has 0 aromatic carbocycles. The van der Waals surface area contributed by atoms with E-state index in [1.54, 1.807) is 18.6 Å². The van der Waals surface area contributed by atoms with Gasteiger partial charge in [0.1, 0.15) is 0 Å². The van der Waals surface area contributed by atoms with Gasteiger partial charge in [0.25, 0.3) is 0 Å². The first kappa shape index (κ1) is 13.4. The van der Waals surface area contributed by atoms with Crippen LogP contribution >= 0.6 is 15.9 Å². The number of nitrogen functional groups attached to an aromatic ring is 1. The third-order valence-electron chi connectivity index (χ3n) is 2.35. The number of hydrogen-bond acceptors (Lipinski definition) is 4. The Hall–Kier alpha value is -0.620. The highest BCUT2D eigenvalue weighted by Crippen LogP contribution is 2.26. The lowest BCUT2D eigenvalue weighted by atomic mass is 10.3. The lowest BCUT2D eigenvalue weighted by Crippen LogP contribution is -2.15. The van der Waals surface area contributed by atoms with Crippen LogP contribution in [0.15, 0.2) is 16.9 Å². The van der Waals surface area contributed by atoms with Gasteiger partial charge in [-0.15, -0.1) is 0 Å². The molecule has 0 amide bonds.